The molecular formula is C28H34BrN3O4. The molecule has 2 amide bonds. The number of nitrogens with one attached hydrogen (secondary N) is 1. The molecule has 7 nitrogen and oxygen atoms in total. The van der Waals surface area contributed by atoms with Crippen LogP contribution in [0.3, 0.4) is 0 Å². The van der Waals surface area contributed by atoms with Gasteiger partial charge in [0.25, 0.3) is 0 Å². The van der Waals surface area contributed by atoms with Gasteiger partial charge in [-0.2, -0.15) is 0 Å². The van der Waals surface area contributed by atoms with Gasteiger partial charge in [-0.15, -0.1) is 6.58 Å². The molecule has 1 saturated carbocycles. The number of hydrogen-bond acceptors (Lipinski definition) is 5. The van der Waals surface area contributed by atoms with Crippen LogP contribution in [0.25, 0.3) is 0 Å². The number of ether oxygens (including phenoxy) is 2. The highest BCUT2D eigenvalue weighted by Gasteiger charge is 2.68. The van der Waals surface area contributed by atoms with E-state index in [9.17, 15) is 9.59 Å². The van der Waals surface area contributed by atoms with Crippen molar-refractivity contribution >= 4 is 33.7 Å². The first kappa shape index (κ1) is 26.4. The minimum Gasteiger partial charge on any atom is -0.444 e. The number of carbonyl (C=O) groups excluding carboxylic acids is 2. The van der Waals surface area contributed by atoms with Gasteiger partial charge in [-0.3, -0.25) is 9.69 Å². The lowest BCUT2D eigenvalue weighted by molar-refractivity contribution is -0.121. The van der Waals surface area contributed by atoms with Crippen molar-refractivity contribution in [2.45, 2.75) is 71.2 Å². The summed E-state index contributed by atoms with van der Waals surface area (Å²) >= 11 is 3.36. The second-order valence-corrected chi connectivity index (χ2v) is 11.6. The van der Waals surface area contributed by atoms with Crippen molar-refractivity contribution in [3.05, 3.63) is 70.3 Å². The molecule has 1 saturated heterocycles. The average molecular weight is 557 g/mol. The molecule has 2 fully saturated rings. The SMILES string of the molecule is C=CCc1cccc(COC[C@@]23C[C@@H](C(=O)Nc4nc(Br)ccc4C)N(C(=O)OC(C)(C)C)[C@@H]2C3)c1. The topological polar surface area (TPSA) is 80.8 Å². The van der Waals surface area contributed by atoms with Crippen LogP contribution >= 0.6 is 15.9 Å². The number of rotatable bonds is 8. The van der Waals surface area contributed by atoms with Gasteiger partial charge in [0, 0.05) is 11.5 Å². The molecule has 1 aliphatic heterocycles. The number of amides is 2. The number of aromatic nitrogens is 1. The van der Waals surface area contributed by atoms with Crippen LogP contribution in [0.15, 0.2) is 53.7 Å². The van der Waals surface area contributed by atoms with Crippen molar-refractivity contribution in [3.63, 3.8) is 0 Å². The Labute approximate surface area is 221 Å². The Kier molecular flexibility index (Phi) is 7.57. The molecule has 1 aliphatic carbocycles. The van der Waals surface area contributed by atoms with Gasteiger partial charge in [0.2, 0.25) is 5.91 Å². The summed E-state index contributed by atoms with van der Waals surface area (Å²) in [5, 5.41) is 2.92. The summed E-state index contributed by atoms with van der Waals surface area (Å²) in [6.45, 7) is 12.1. The maximum absolute atomic E-state index is 13.4. The summed E-state index contributed by atoms with van der Waals surface area (Å²) in [6.07, 6.45) is 3.54. The van der Waals surface area contributed by atoms with E-state index in [0.717, 1.165) is 24.0 Å². The molecule has 0 spiro atoms. The Bertz CT molecular complexity index is 1160. The molecule has 1 N–H and O–H groups in total. The van der Waals surface area contributed by atoms with Crippen molar-refractivity contribution in [1.82, 2.24) is 9.88 Å². The number of pyridine rings is 1. The molecule has 1 aromatic carbocycles. The van der Waals surface area contributed by atoms with E-state index >= 15 is 0 Å². The van der Waals surface area contributed by atoms with Crippen LogP contribution in [-0.4, -0.2) is 46.2 Å². The van der Waals surface area contributed by atoms with Gasteiger partial charge < -0.3 is 14.8 Å². The molecule has 8 heteroatoms. The smallest absolute Gasteiger partial charge is 0.411 e. The molecule has 3 atom stereocenters. The molecule has 192 valence electrons. The Morgan fingerprint density at radius 3 is 2.72 bits per heavy atom. The maximum atomic E-state index is 13.4. The fourth-order valence-corrected chi connectivity index (χ4v) is 5.17. The fourth-order valence-electron chi connectivity index (χ4n) is 4.86. The normalized spacial score (nSPS) is 22.6. The summed E-state index contributed by atoms with van der Waals surface area (Å²) in [6, 6.07) is 11.2. The van der Waals surface area contributed by atoms with Crippen LogP contribution in [-0.2, 0) is 27.3 Å². The summed E-state index contributed by atoms with van der Waals surface area (Å²) in [7, 11) is 0. The van der Waals surface area contributed by atoms with Crippen LogP contribution in [0.2, 0.25) is 0 Å². The van der Waals surface area contributed by atoms with Gasteiger partial charge in [0.05, 0.1) is 13.2 Å². The third-order valence-corrected chi connectivity index (χ3v) is 7.10. The van der Waals surface area contributed by atoms with Gasteiger partial charge in [-0.05, 0) is 85.6 Å². The van der Waals surface area contributed by atoms with Gasteiger partial charge >= 0.3 is 6.09 Å². The minimum atomic E-state index is -0.659. The van der Waals surface area contributed by atoms with E-state index in [1.807, 2.05) is 58.0 Å². The van der Waals surface area contributed by atoms with Crippen molar-refractivity contribution < 1.29 is 19.1 Å². The lowest BCUT2D eigenvalue weighted by Crippen LogP contribution is -2.47. The minimum absolute atomic E-state index is 0.0910. The molecule has 0 unspecified atom stereocenters. The van der Waals surface area contributed by atoms with E-state index in [2.05, 4.69) is 44.9 Å². The predicted octanol–water partition coefficient (Wildman–Crippen LogP) is 5.80. The number of nitrogens with zero attached hydrogens (tertiary/aromatic N) is 2. The van der Waals surface area contributed by atoms with Crippen molar-refractivity contribution in [1.29, 1.82) is 0 Å². The van der Waals surface area contributed by atoms with Crippen LogP contribution in [0, 0.1) is 12.3 Å². The van der Waals surface area contributed by atoms with E-state index in [-0.39, 0.29) is 17.4 Å². The lowest BCUT2D eigenvalue weighted by Gasteiger charge is -2.29. The predicted molar refractivity (Wildman–Crippen MR) is 143 cm³/mol. The van der Waals surface area contributed by atoms with Crippen LogP contribution < -0.4 is 5.32 Å². The second-order valence-electron chi connectivity index (χ2n) is 10.8. The highest BCUT2D eigenvalue weighted by atomic mass is 79.9. The van der Waals surface area contributed by atoms with Crippen LogP contribution in [0.4, 0.5) is 10.6 Å². The first-order chi connectivity index (χ1) is 17.0. The number of aryl methyl sites for hydroxylation is 1. The Balaban J connectivity index is 1.47. The molecule has 36 heavy (non-hydrogen) atoms. The summed E-state index contributed by atoms with van der Waals surface area (Å²) in [5.74, 6) is 0.210. The fraction of sp³-hybridized carbons (Fsp3) is 0.464. The van der Waals surface area contributed by atoms with Crippen molar-refractivity contribution in [3.8, 4) is 0 Å². The van der Waals surface area contributed by atoms with E-state index in [1.165, 1.54) is 5.56 Å². The van der Waals surface area contributed by atoms with E-state index < -0.39 is 17.7 Å². The highest BCUT2D eigenvalue weighted by molar-refractivity contribution is 9.10. The number of piperidine rings is 1. The van der Waals surface area contributed by atoms with Crippen LogP contribution in [0.5, 0.6) is 0 Å². The second kappa shape index (κ2) is 10.3. The Hall–Kier alpha value is -2.71. The number of hydrogen-bond donors (Lipinski definition) is 1. The van der Waals surface area contributed by atoms with E-state index in [0.29, 0.717) is 30.1 Å². The number of benzene rings is 1. The number of carbonyl (C=O) groups is 2. The zero-order valence-electron chi connectivity index (χ0n) is 21.3. The third kappa shape index (κ3) is 5.98. The standard InChI is InChI=1S/C28H34BrN3O4/c1-6-8-19-9-7-10-20(13-19)16-35-17-28-14-21(25(33)31-24-18(2)11-12-23(29)30-24)32(22(28)15-28)26(34)36-27(3,4)5/h6-7,9-13,21-22H,1,8,14-17H2,2-5H3,(H,30,31,33)/t21-,22+,28-/m0/s1. The summed E-state index contributed by atoms with van der Waals surface area (Å²) in [4.78, 5) is 32.6. The number of fused-ring (bicyclic) bond motifs is 1. The van der Waals surface area contributed by atoms with Gasteiger partial charge in [0.1, 0.15) is 22.1 Å². The molecule has 2 heterocycles. The maximum Gasteiger partial charge on any atom is 0.411 e. The quantitative estimate of drug-likeness (QED) is 0.328. The monoisotopic (exact) mass is 555 g/mol. The third-order valence-electron chi connectivity index (χ3n) is 6.66. The molecule has 0 radical (unpaired) electrons. The molecule has 0 bridgehead atoms. The summed E-state index contributed by atoms with van der Waals surface area (Å²) in [5.41, 5.74) is 2.22. The molecule has 1 aromatic heterocycles. The number of likely N-dealkylation sites (tertiary alicyclic amines) is 1. The van der Waals surface area contributed by atoms with Crippen molar-refractivity contribution in [2.24, 2.45) is 5.41 Å². The van der Waals surface area contributed by atoms with Gasteiger partial charge in [-0.1, -0.05) is 36.4 Å². The Morgan fingerprint density at radius 2 is 2.00 bits per heavy atom. The zero-order valence-corrected chi connectivity index (χ0v) is 22.9. The molecule has 4 rings (SSSR count). The van der Waals surface area contributed by atoms with Crippen molar-refractivity contribution in [2.75, 3.05) is 11.9 Å². The number of halogens is 1. The first-order valence-electron chi connectivity index (χ1n) is 12.2. The highest BCUT2D eigenvalue weighted by Crippen LogP contribution is 2.60. The van der Waals surface area contributed by atoms with Gasteiger partial charge in [0.15, 0.2) is 0 Å². The molecular weight excluding hydrogens is 522 g/mol. The number of allylic oxidation sites excluding steroid dienone is 1. The van der Waals surface area contributed by atoms with E-state index in [4.69, 9.17) is 9.47 Å². The lowest BCUT2D eigenvalue weighted by atomic mass is 10.00. The zero-order chi connectivity index (χ0) is 26.1. The Morgan fingerprint density at radius 1 is 1.25 bits per heavy atom. The van der Waals surface area contributed by atoms with E-state index in [1.54, 1.807) is 4.90 Å². The molecule has 2 aliphatic rings. The molecule has 2 aromatic rings. The van der Waals surface area contributed by atoms with Crippen LogP contribution in [0.1, 0.15) is 50.3 Å². The van der Waals surface area contributed by atoms with Gasteiger partial charge in [-0.25, -0.2) is 9.78 Å². The summed E-state index contributed by atoms with van der Waals surface area (Å²) < 4.78 is 12.4. The first-order valence-corrected chi connectivity index (χ1v) is 13.0. The number of anilines is 1. The largest absolute Gasteiger partial charge is 0.444 e. The average Bonchev–Trinajstić information content (AvgIpc) is 3.38.